The smallest absolute Gasteiger partial charge is 0.287 e. The number of nitrogens with two attached hydrogens (primary N) is 1. The molecule has 0 aliphatic rings. The molecule has 0 aromatic carbocycles. The van der Waals surface area contributed by atoms with E-state index in [1.165, 1.54) is 28.7 Å². The van der Waals surface area contributed by atoms with E-state index in [4.69, 9.17) is 5.84 Å². The highest BCUT2D eigenvalue weighted by atomic mass is 32.2. The average molecular weight is 308 g/mol. The van der Waals surface area contributed by atoms with Crippen molar-refractivity contribution in [3.63, 3.8) is 0 Å². The molecule has 0 fully saturated rings. The Morgan fingerprint density at radius 3 is 2.52 bits per heavy atom. The van der Waals surface area contributed by atoms with Crippen molar-refractivity contribution >= 4 is 17.4 Å². The third kappa shape index (κ3) is 3.13. The van der Waals surface area contributed by atoms with E-state index in [9.17, 15) is 10.1 Å². The lowest BCUT2D eigenvalue weighted by Crippen LogP contribution is -2.24. The Hall–Kier alpha value is -2.16. The second-order valence-electron chi connectivity index (χ2n) is 5.60. The van der Waals surface area contributed by atoms with E-state index in [1.807, 2.05) is 20.8 Å². The second kappa shape index (κ2) is 5.32. The van der Waals surface area contributed by atoms with Crippen LogP contribution in [0.5, 0.6) is 0 Å². The maximum atomic E-state index is 10.7. The number of rotatable bonds is 3. The summed E-state index contributed by atoms with van der Waals surface area (Å²) < 4.78 is 1.42. The lowest BCUT2D eigenvalue weighted by Gasteiger charge is -2.16. The minimum Gasteiger partial charge on any atom is -0.336 e. The van der Waals surface area contributed by atoms with Gasteiger partial charge in [0.2, 0.25) is 5.16 Å². The Morgan fingerprint density at radius 2 is 2.05 bits per heavy atom. The quantitative estimate of drug-likeness (QED) is 0.524. The molecule has 0 aliphatic carbocycles. The molecular weight excluding hydrogens is 292 g/mol. The van der Waals surface area contributed by atoms with E-state index < -0.39 is 4.92 Å². The van der Waals surface area contributed by atoms with Gasteiger partial charge in [0.15, 0.2) is 5.82 Å². The molecule has 2 rings (SSSR count). The predicted molar refractivity (Wildman–Crippen MR) is 78.6 cm³/mol. The van der Waals surface area contributed by atoms with Gasteiger partial charge in [0.1, 0.15) is 11.2 Å². The lowest BCUT2D eigenvalue weighted by atomic mass is 9.96. The van der Waals surface area contributed by atoms with Crippen LogP contribution in [0, 0.1) is 17.0 Å². The number of aromatic nitrogens is 4. The van der Waals surface area contributed by atoms with Crippen molar-refractivity contribution in [2.24, 2.45) is 0 Å². The fourth-order valence-corrected chi connectivity index (χ4v) is 2.46. The molecule has 0 saturated carbocycles. The lowest BCUT2D eigenvalue weighted by molar-refractivity contribution is -0.385. The summed E-state index contributed by atoms with van der Waals surface area (Å²) in [6.45, 7) is 7.73. The van der Waals surface area contributed by atoms with Gasteiger partial charge in [-0.25, -0.2) is 9.66 Å². The maximum Gasteiger partial charge on any atom is 0.287 e. The van der Waals surface area contributed by atoms with Crippen molar-refractivity contribution < 1.29 is 4.92 Å². The molecule has 9 heteroatoms. The second-order valence-corrected chi connectivity index (χ2v) is 6.56. The Kier molecular flexibility index (Phi) is 3.86. The molecule has 2 N–H and O–H groups in total. The summed E-state index contributed by atoms with van der Waals surface area (Å²) >= 11 is 1.23. The van der Waals surface area contributed by atoms with Crippen LogP contribution in [0.4, 0.5) is 5.69 Å². The largest absolute Gasteiger partial charge is 0.336 e. The highest BCUT2D eigenvalue weighted by molar-refractivity contribution is 7.99. The molecule has 2 aromatic rings. The van der Waals surface area contributed by atoms with Crippen LogP contribution in [-0.4, -0.2) is 24.8 Å². The van der Waals surface area contributed by atoms with Crippen molar-refractivity contribution in [1.82, 2.24) is 19.9 Å². The zero-order valence-electron chi connectivity index (χ0n) is 12.2. The van der Waals surface area contributed by atoms with Gasteiger partial charge >= 0.3 is 0 Å². The number of pyridine rings is 1. The van der Waals surface area contributed by atoms with E-state index in [-0.39, 0.29) is 11.1 Å². The summed E-state index contributed by atoms with van der Waals surface area (Å²) in [4.78, 5) is 14.3. The van der Waals surface area contributed by atoms with Gasteiger partial charge in [0, 0.05) is 11.5 Å². The predicted octanol–water partition coefficient (Wildman–Crippen LogP) is 2.05. The summed E-state index contributed by atoms with van der Waals surface area (Å²) in [6.07, 6.45) is 1.22. The Morgan fingerprint density at radius 1 is 1.38 bits per heavy atom. The molecule has 21 heavy (non-hydrogen) atoms. The number of aryl methyl sites for hydroxylation is 1. The molecule has 0 saturated heterocycles. The summed E-state index contributed by atoms with van der Waals surface area (Å²) in [5, 5.41) is 19.9. The minimum atomic E-state index is -0.475. The van der Waals surface area contributed by atoms with Gasteiger partial charge in [0.25, 0.3) is 5.69 Å². The van der Waals surface area contributed by atoms with E-state index in [1.54, 1.807) is 6.92 Å². The van der Waals surface area contributed by atoms with Crippen LogP contribution in [0.1, 0.15) is 32.2 Å². The zero-order chi connectivity index (χ0) is 15.8. The molecule has 112 valence electrons. The first-order valence-corrected chi connectivity index (χ1v) is 7.01. The van der Waals surface area contributed by atoms with Gasteiger partial charge in [-0.05, 0) is 24.2 Å². The molecule has 0 aliphatic heterocycles. The fraction of sp³-hybridized carbons (Fsp3) is 0.417. The van der Waals surface area contributed by atoms with Crippen LogP contribution in [0.2, 0.25) is 0 Å². The average Bonchev–Trinajstić information content (AvgIpc) is 2.73. The first kappa shape index (κ1) is 15.2. The van der Waals surface area contributed by atoms with Gasteiger partial charge in [0.05, 0.1) is 4.92 Å². The standard InChI is InChI=1S/C12H16N6O2S/c1-7-5-8(18(19)20)6-14-9(7)21-11-16-15-10(17(11)13)12(2,3)4/h5-6H,13H2,1-4H3. The van der Waals surface area contributed by atoms with Crippen LogP contribution >= 0.6 is 11.8 Å². The van der Waals surface area contributed by atoms with E-state index >= 15 is 0 Å². The van der Waals surface area contributed by atoms with E-state index in [2.05, 4.69) is 15.2 Å². The molecule has 0 spiro atoms. The zero-order valence-corrected chi connectivity index (χ0v) is 13.0. The van der Waals surface area contributed by atoms with Crippen molar-refractivity contribution in [1.29, 1.82) is 0 Å². The fourth-order valence-electron chi connectivity index (χ4n) is 1.70. The minimum absolute atomic E-state index is 0.0403. The van der Waals surface area contributed by atoms with Crippen molar-refractivity contribution in [3.8, 4) is 0 Å². The molecule has 8 nitrogen and oxygen atoms in total. The number of hydrogen-bond donors (Lipinski definition) is 1. The van der Waals surface area contributed by atoms with Gasteiger partial charge in [-0.15, -0.1) is 10.2 Å². The maximum absolute atomic E-state index is 10.7. The highest BCUT2D eigenvalue weighted by Gasteiger charge is 2.23. The Balaban J connectivity index is 2.31. The van der Waals surface area contributed by atoms with Gasteiger partial charge in [-0.3, -0.25) is 10.1 Å². The Bertz CT molecular complexity index is 692. The molecule has 2 aromatic heterocycles. The third-order valence-corrected chi connectivity index (χ3v) is 3.83. The highest BCUT2D eigenvalue weighted by Crippen LogP contribution is 2.30. The molecule has 0 atom stereocenters. The van der Waals surface area contributed by atoms with Crippen LogP contribution in [0.15, 0.2) is 22.4 Å². The topological polar surface area (TPSA) is 113 Å². The van der Waals surface area contributed by atoms with Gasteiger partial charge in [-0.1, -0.05) is 20.8 Å². The van der Waals surface area contributed by atoms with E-state index in [0.29, 0.717) is 21.6 Å². The first-order chi connectivity index (χ1) is 9.70. The molecular formula is C12H16N6O2S. The monoisotopic (exact) mass is 308 g/mol. The number of nitrogens with zero attached hydrogens (tertiary/aromatic N) is 5. The third-order valence-electron chi connectivity index (χ3n) is 2.75. The van der Waals surface area contributed by atoms with Crippen molar-refractivity contribution in [3.05, 3.63) is 33.8 Å². The van der Waals surface area contributed by atoms with Crippen LogP contribution in [0.3, 0.4) is 0 Å². The molecule has 2 heterocycles. The summed E-state index contributed by atoms with van der Waals surface area (Å²) in [5.74, 6) is 6.66. The Labute approximate surface area is 125 Å². The van der Waals surface area contributed by atoms with Crippen LogP contribution in [-0.2, 0) is 5.41 Å². The van der Waals surface area contributed by atoms with Gasteiger partial charge in [-0.2, -0.15) is 0 Å². The normalized spacial score (nSPS) is 11.6. The molecule has 0 radical (unpaired) electrons. The first-order valence-electron chi connectivity index (χ1n) is 6.20. The van der Waals surface area contributed by atoms with Gasteiger partial charge < -0.3 is 5.84 Å². The summed E-state index contributed by atoms with van der Waals surface area (Å²) in [7, 11) is 0. The number of nitro groups is 1. The number of hydrogen-bond acceptors (Lipinski definition) is 7. The van der Waals surface area contributed by atoms with Crippen LogP contribution < -0.4 is 5.84 Å². The molecule has 0 amide bonds. The van der Waals surface area contributed by atoms with Crippen molar-refractivity contribution in [2.75, 3.05) is 5.84 Å². The SMILES string of the molecule is Cc1cc([N+](=O)[O-])cnc1Sc1nnc(C(C)(C)C)n1N. The summed E-state index contributed by atoms with van der Waals surface area (Å²) in [5.41, 5.74) is 0.425. The van der Waals surface area contributed by atoms with E-state index in [0.717, 1.165) is 0 Å². The summed E-state index contributed by atoms with van der Waals surface area (Å²) in [6, 6.07) is 1.47. The number of nitrogen functional groups attached to an aromatic ring is 1. The molecule has 0 unspecified atom stereocenters. The van der Waals surface area contributed by atoms with Crippen LogP contribution in [0.25, 0.3) is 0 Å². The molecule has 0 bridgehead atoms. The van der Waals surface area contributed by atoms with Crippen molar-refractivity contribution in [2.45, 2.75) is 43.3 Å².